The molecule has 0 spiro atoms. The Hall–Kier alpha value is -3.56. The number of aliphatic carboxylic acids is 1. The van der Waals surface area contributed by atoms with E-state index in [1.807, 2.05) is 0 Å². The molecule has 1 fully saturated rings. The van der Waals surface area contributed by atoms with Crippen LogP contribution in [0.3, 0.4) is 0 Å². The Labute approximate surface area is 197 Å². The Morgan fingerprint density at radius 1 is 1.23 bits per heavy atom. The molecule has 1 aromatic heterocycles. The van der Waals surface area contributed by atoms with Crippen LogP contribution in [0.25, 0.3) is 0 Å². The van der Waals surface area contributed by atoms with Crippen molar-refractivity contribution in [1.29, 1.82) is 0 Å². The molecule has 1 aliphatic heterocycles. The maximum Gasteiger partial charge on any atom is 0.329 e. The van der Waals surface area contributed by atoms with Gasteiger partial charge in [-0.05, 0) is 17.7 Å². The third kappa shape index (κ3) is 5.26. The minimum Gasteiger partial charge on any atom is -0.508 e. The highest BCUT2D eigenvalue weighted by molar-refractivity contribution is 5.87. The van der Waals surface area contributed by atoms with Gasteiger partial charge in [-0.3, -0.25) is 14.2 Å². The number of aromatic nitrogens is 2. The van der Waals surface area contributed by atoms with Gasteiger partial charge in [0.05, 0.1) is 17.8 Å². The van der Waals surface area contributed by atoms with Crippen molar-refractivity contribution in [1.82, 2.24) is 14.9 Å². The first-order valence-electron chi connectivity index (χ1n) is 10.5. The van der Waals surface area contributed by atoms with Crippen LogP contribution in [0.2, 0.25) is 0 Å². The van der Waals surface area contributed by atoms with Crippen molar-refractivity contribution < 1.29 is 44.7 Å². The average molecular weight is 494 g/mol. The lowest BCUT2D eigenvalue weighted by molar-refractivity contribution is -0.149. The second-order valence-electron chi connectivity index (χ2n) is 8.26. The van der Waals surface area contributed by atoms with Crippen LogP contribution in [-0.4, -0.2) is 83.6 Å². The number of aliphatic hydroxyl groups excluding tert-OH is 3. The van der Waals surface area contributed by atoms with Crippen LogP contribution < -0.4 is 16.7 Å². The van der Waals surface area contributed by atoms with Crippen LogP contribution in [0.15, 0.2) is 35.3 Å². The van der Waals surface area contributed by atoms with Gasteiger partial charge in [-0.15, -0.1) is 0 Å². The van der Waals surface area contributed by atoms with Gasteiger partial charge in [-0.25, -0.2) is 9.59 Å². The fourth-order valence-corrected chi connectivity index (χ4v) is 3.81. The number of amides is 1. The van der Waals surface area contributed by atoms with E-state index < -0.39 is 66.2 Å². The van der Waals surface area contributed by atoms with Crippen molar-refractivity contribution >= 4 is 18.2 Å². The normalized spacial score (nSPS) is 25.4. The van der Waals surface area contributed by atoms with Crippen molar-refractivity contribution in [2.75, 3.05) is 0 Å². The predicted molar refractivity (Wildman–Crippen MR) is 116 cm³/mol. The minimum atomic E-state index is -1.89. The number of imidazole rings is 1. The van der Waals surface area contributed by atoms with Gasteiger partial charge in [0.1, 0.15) is 24.1 Å². The summed E-state index contributed by atoms with van der Waals surface area (Å²) in [5.74, 6) is -3.54. The van der Waals surface area contributed by atoms with Crippen LogP contribution in [0.4, 0.5) is 0 Å². The summed E-state index contributed by atoms with van der Waals surface area (Å²) in [5, 5.41) is 52.5. The lowest BCUT2D eigenvalue weighted by Crippen LogP contribution is -2.57. The third-order valence-electron chi connectivity index (χ3n) is 5.93. The number of carboxylic acids is 1. The zero-order valence-corrected chi connectivity index (χ0v) is 18.4. The van der Waals surface area contributed by atoms with Gasteiger partial charge in [0.15, 0.2) is 18.6 Å². The monoisotopic (exact) mass is 494 g/mol. The molecule has 1 saturated heterocycles. The average Bonchev–Trinajstić information content (AvgIpc) is 3.34. The summed E-state index contributed by atoms with van der Waals surface area (Å²) in [4.78, 5) is 49.7. The predicted octanol–water partition coefficient (Wildman–Crippen LogP) is -2.42. The molecule has 3 rings (SSSR count). The molecular formula is C21H26N4O10. The SMILES string of the molecule is CC(C(N)C(=O)NC(C(=O)O)C1OC(n2cc(C=O)[nH]c2=O)C(O)C1O)C(O)c1ccc(O)cc1. The number of H-pyrrole nitrogens is 1. The molecule has 0 aliphatic carbocycles. The second-order valence-corrected chi connectivity index (χ2v) is 8.26. The number of phenols is 1. The van der Waals surface area contributed by atoms with Crippen LogP contribution in [0.5, 0.6) is 5.75 Å². The van der Waals surface area contributed by atoms with Crippen molar-refractivity contribution in [2.24, 2.45) is 11.7 Å². The standard InChI is InChI=1S/C21H26N4O10/c1-8(14(28)9-2-4-11(27)5-3-9)12(22)18(31)24-13(20(32)33)17-15(29)16(30)19(35-17)25-6-10(7-26)23-21(25)34/h2-8,12-17,19,27-30H,22H2,1H3,(H,23,34)(H,24,31)(H,32,33). The molecule has 1 amide bonds. The number of aromatic hydroxyl groups is 1. The summed E-state index contributed by atoms with van der Waals surface area (Å²) in [6.45, 7) is 1.46. The fourth-order valence-electron chi connectivity index (χ4n) is 3.81. The summed E-state index contributed by atoms with van der Waals surface area (Å²) < 4.78 is 6.20. The first-order chi connectivity index (χ1) is 16.5. The lowest BCUT2D eigenvalue weighted by atomic mass is 9.90. The van der Waals surface area contributed by atoms with Crippen LogP contribution >= 0.6 is 0 Å². The largest absolute Gasteiger partial charge is 0.508 e. The molecule has 8 atom stereocenters. The lowest BCUT2D eigenvalue weighted by Gasteiger charge is -2.28. The van der Waals surface area contributed by atoms with E-state index >= 15 is 0 Å². The molecule has 14 heteroatoms. The second kappa shape index (κ2) is 10.4. The Kier molecular flexibility index (Phi) is 7.72. The van der Waals surface area contributed by atoms with Crippen LogP contribution in [-0.2, 0) is 14.3 Å². The number of nitrogens with two attached hydrogens (primary N) is 1. The van der Waals surface area contributed by atoms with E-state index in [2.05, 4.69) is 10.3 Å². The number of rotatable bonds is 9. The van der Waals surface area contributed by atoms with Gasteiger partial charge >= 0.3 is 11.7 Å². The number of nitrogens with zero attached hydrogens (tertiary/aromatic N) is 1. The molecule has 0 bridgehead atoms. The Balaban J connectivity index is 1.75. The Morgan fingerprint density at radius 3 is 2.40 bits per heavy atom. The molecule has 8 unspecified atom stereocenters. The van der Waals surface area contributed by atoms with Gasteiger partial charge in [0.2, 0.25) is 5.91 Å². The number of nitrogens with one attached hydrogen (secondary N) is 2. The van der Waals surface area contributed by atoms with E-state index in [-0.39, 0.29) is 11.4 Å². The van der Waals surface area contributed by atoms with E-state index in [4.69, 9.17) is 10.5 Å². The quantitative estimate of drug-likeness (QED) is 0.171. The summed E-state index contributed by atoms with van der Waals surface area (Å²) in [6, 6.07) is 2.26. The highest BCUT2D eigenvalue weighted by atomic mass is 16.6. The smallest absolute Gasteiger partial charge is 0.329 e. The Bertz CT molecular complexity index is 1130. The zero-order chi connectivity index (χ0) is 26.0. The van der Waals surface area contributed by atoms with Crippen LogP contribution in [0.1, 0.15) is 35.3 Å². The fraction of sp³-hybridized carbons (Fsp3) is 0.429. The highest BCUT2D eigenvalue weighted by Gasteiger charge is 2.50. The first kappa shape index (κ1) is 26.1. The van der Waals surface area contributed by atoms with E-state index in [0.717, 1.165) is 10.8 Å². The molecule has 2 heterocycles. The van der Waals surface area contributed by atoms with Gasteiger partial charge in [0.25, 0.3) is 0 Å². The number of carbonyl (C=O) groups is 3. The van der Waals surface area contributed by atoms with Crippen molar-refractivity contribution in [3.8, 4) is 5.75 Å². The number of aldehydes is 1. The van der Waals surface area contributed by atoms with E-state index in [9.17, 15) is 44.7 Å². The van der Waals surface area contributed by atoms with Gasteiger partial charge in [-0.2, -0.15) is 0 Å². The molecule has 9 N–H and O–H groups in total. The Morgan fingerprint density at radius 2 is 1.86 bits per heavy atom. The molecule has 1 aromatic carbocycles. The maximum absolute atomic E-state index is 12.7. The zero-order valence-electron chi connectivity index (χ0n) is 18.4. The number of hydrogen-bond acceptors (Lipinski definition) is 10. The molecule has 1 aliphatic rings. The summed E-state index contributed by atoms with van der Waals surface area (Å²) in [5.41, 5.74) is 5.32. The number of hydrogen-bond donors (Lipinski definition) is 8. The molecule has 0 saturated carbocycles. The molecule has 0 radical (unpaired) electrons. The number of carboxylic acid groups (broad SMARTS) is 1. The summed E-state index contributed by atoms with van der Waals surface area (Å²) in [6.07, 6.45) is -6.71. The van der Waals surface area contributed by atoms with Crippen LogP contribution in [0, 0.1) is 5.92 Å². The number of carbonyl (C=O) groups excluding carboxylic acids is 2. The van der Waals surface area contributed by atoms with Crippen molar-refractivity contribution in [2.45, 2.75) is 49.7 Å². The van der Waals surface area contributed by atoms with E-state index in [1.165, 1.54) is 31.2 Å². The molecule has 14 nitrogen and oxygen atoms in total. The van der Waals surface area contributed by atoms with E-state index in [1.54, 1.807) is 0 Å². The van der Waals surface area contributed by atoms with Crippen molar-refractivity contribution in [3.63, 3.8) is 0 Å². The number of aliphatic hydroxyl groups is 3. The van der Waals surface area contributed by atoms with Gasteiger partial charge < -0.3 is 46.3 Å². The number of aromatic amines is 1. The highest BCUT2D eigenvalue weighted by Crippen LogP contribution is 2.31. The molecule has 2 aromatic rings. The van der Waals surface area contributed by atoms with Gasteiger partial charge in [0, 0.05) is 12.1 Å². The summed E-state index contributed by atoms with van der Waals surface area (Å²) >= 11 is 0. The number of benzene rings is 1. The summed E-state index contributed by atoms with van der Waals surface area (Å²) in [7, 11) is 0. The topological polar surface area (TPSA) is 237 Å². The molecule has 190 valence electrons. The third-order valence-corrected chi connectivity index (χ3v) is 5.93. The van der Waals surface area contributed by atoms with Crippen molar-refractivity contribution in [3.05, 3.63) is 52.2 Å². The maximum atomic E-state index is 12.7. The van der Waals surface area contributed by atoms with Gasteiger partial charge in [-0.1, -0.05) is 19.1 Å². The first-order valence-corrected chi connectivity index (χ1v) is 10.5. The number of ether oxygens (including phenoxy) is 1. The number of phenolic OH excluding ortho intramolecular Hbond substituents is 1. The molecular weight excluding hydrogens is 468 g/mol. The van der Waals surface area contributed by atoms with E-state index in [0.29, 0.717) is 11.8 Å². The molecule has 35 heavy (non-hydrogen) atoms. The minimum absolute atomic E-state index is 0.0279.